The van der Waals surface area contributed by atoms with E-state index < -0.39 is 12.5 Å². The van der Waals surface area contributed by atoms with E-state index in [4.69, 9.17) is 4.74 Å². The minimum atomic E-state index is -3.19. The van der Waals surface area contributed by atoms with Crippen molar-refractivity contribution in [1.82, 2.24) is 0 Å². The molecule has 0 radical (unpaired) electrons. The van der Waals surface area contributed by atoms with Crippen molar-refractivity contribution < 1.29 is 13.5 Å². The van der Waals surface area contributed by atoms with E-state index in [0.717, 1.165) is 17.9 Å². The first kappa shape index (κ1) is 27.8. The van der Waals surface area contributed by atoms with Gasteiger partial charge in [0.15, 0.2) is 0 Å². The maximum absolute atomic E-state index is 14.6. The number of rotatable bonds is 11. The van der Waals surface area contributed by atoms with Crippen LogP contribution in [-0.4, -0.2) is 6.11 Å². The Labute approximate surface area is 223 Å². The second kappa shape index (κ2) is 13.5. The van der Waals surface area contributed by atoms with Gasteiger partial charge in [0.2, 0.25) is 0 Å². The Balaban J connectivity index is 1.22. The lowest BCUT2D eigenvalue weighted by molar-refractivity contribution is -0.244. The fraction of sp³-hybridized carbons (Fsp3) is 0.529. The van der Waals surface area contributed by atoms with Gasteiger partial charge in [-0.2, -0.15) is 8.78 Å². The molecule has 0 spiro atoms. The summed E-state index contributed by atoms with van der Waals surface area (Å²) in [5.41, 5.74) is 4.02. The zero-order chi connectivity index (χ0) is 26.1. The highest BCUT2D eigenvalue weighted by Crippen LogP contribution is 2.38. The predicted molar refractivity (Wildman–Crippen MR) is 150 cm³/mol. The number of halogens is 2. The SMILES string of the molecule is C=CCCC1CCC(c2ccc(COC(F)(F)Cc3ccc(C4CCC(C=CC)CC4)cc3)cc2)CC1. The van der Waals surface area contributed by atoms with E-state index in [0.29, 0.717) is 23.3 Å². The van der Waals surface area contributed by atoms with E-state index >= 15 is 0 Å². The summed E-state index contributed by atoms with van der Waals surface area (Å²) in [6, 6.07) is 15.9. The van der Waals surface area contributed by atoms with Crippen molar-refractivity contribution in [2.75, 3.05) is 0 Å². The van der Waals surface area contributed by atoms with Crippen molar-refractivity contribution >= 4 is 0 Å². The molecule has 0 unspecified atom stereocenters. The van der Waals surface area contributed by atoms with E-state index in [9.17, 15) is 8.78 Å². The van der Waals surface area contributed by atoms with Crippen molar-refractivity contribution in [3.63, 3.8) is 0 Å². The van der Waals surface area contributed by atoms with Crippen LogP contribution in [0.4, 0.5) is 8.78 Å². The maximum Gasteiger partial charge on any atom is 0.360 e. The molecule has 0 aliphatic heterocycles. The van der Waals surface area contributed by atoms with Gasteiger partial charge in [-0.25, -0.2) is 0 Å². The monoisotopic (exact) mass is 506 g/mol. The first-order valence-corrected chi connectivity index (χ1v) is 14.4. The molecule has 0 N–H and O–H groups in total. The normalized spacial score (nSPS) is 24.8. The number of alkyl halides is 2. The molecule has 2 aliphatic rings. The number of allylic oxidation sites excluding steroid dienone is 3. The molecule has 3 heteroatoms. The Hall–Kier alpha value is -2.26. The smallest absolute Gasteiger partial charge is 0.315 e. The van der Waals surface area contributed by atoms with Crippen LogP contribution >= 0.6 is 0 Å². The Bertz CT molecular complexity index is 975. The lowest BCUT2D eigenvalue weighted by atomic mass is 9.77. The molecular formula is C34H44F2O. The van der Waals surface area contributed by atoms with Gasteiger partial charge in [-0.1, -0.05) is 66.8 Å². The van der Waals surface area contributed by atoms with Crippen LogP contribution in [0.5, 0.6) is 0 Å². The highest BCUT2D eigenvalue weighted by Gasteiger charge is 2.31. The minimum Gasteiger partial charge on any atom is -0.315 e. The fourth-order valence-electron chi connectivity index (χ4n) is 6.33. The average molecular weight is 507 g/mol. The molecule has 2 aromatic rings. The Kier molecular flexibility index (Phi) is 10.1. The van der Waals surface area contributed by atoms with Crippen molar-refractivity contribution in [3.05, 3.63) is 95.6 Å². The highest BCUT2D eigenvalue weighted by atomic mass is 19.3. The summed E-state index contributed by atoms with van der Waals surface area (Å²) in [5.74, 6) is 2.65. The quantitative estimate of drug-likeness (QED) is 0.275. The van der Waals surface area contributed by atoms with E-state index in [1.54, 1.807) is 0 Å². The van der Waals surface area contributed by atoms with Gasteiger partial charge in [0.1, 0.15) is 0 Å². The third kappa shape index (κ3) is 8.37. The zero-order valence-electron chi connectivity index (χ0n) is 22.5. The van der Waals surface area contributed by atoms with Gasteiger partial charge in [0, 0.05) is 0 Å². The van der Waals surface area contributed by atoms with Gasteiger partial charge in [-0.15, -0.1) is 6.58 Å². The van der Waals surface area contributed by atoms with Crippen LogP contribution in [0.2, 0.25) is 0 Å². The topological polar surface area (TPSA) is 9.23 Å². The van der Waals surface area contributed by atoms with Gasteiger partial charge < -0.3 is 4.74 Å². The van der Waals surface area contributed by atoms with Crippen LogP contribution in [-0.2, 0) is 17.8 Å². The molecule has 2 fully saturated rings. The van der Waals surface area contributed by atoms with E-state index in [-0.39, 0.29) is 6.61 Å². The van der Waals surface area contributed by atoms with E-state index in [1.165, 1.54) is 68.9 Å². The fourth-order valence-corrected chi connectivity index (χ4v) is 6.33. The van der Waals surface area contributed by atoms with Crippen LogP contribution in [0.3, 0.4) is 0 Å². The average Bonchev–Trinajstić information content (AvgIpc) is 2.92. The van der Waals surface area contributed by atoms with Crippen LogP contribution in [0.25, 0.3) is 0 Å². The zero-order valence-corrected chi connectivity index (χ0v) is 22.5. The van der Waals surface area contributed by atoms with Crippen LogP contribution in [0.1, 0.15) is 105 Å². The Morgan fingerprint density at radius 2 is 1.35 bits per heavy atom. The molecule has 1 nitrogen and oxygen atoms in total. The third-order valence-electron chi connectivity index (χ3n) is 8.62. The first-order valence-electron chi connectivity index (χ1n) is 14.4. The van der Waals surface area contributed by atoms with Crippen LogP contribution < -0.4 is 0 Å². The van der Waals surface area contributed by atoms with Crippen LogP contribution in [0, 0.1) is 11.8 Å². The minimum absolute atomic E-state index is 0.0743. The molecule has 0 saturated heterocycles. The molecule has 2 saturated carbocycles. The summed E-state index contributed by atoms with van der Waals surface area (Å²) in [5, 5.41) is 0. The van der Waals surface area contributed by atoms with Crippen molar-refractivity contribution in [2.45, 2.75) is 102 Å². The number of benzene rings is 2. The molecular weight excluding hydrogens is 462 g/mol. The van der Waals surface area contributed by atoms with Crippen LogP contribution in [0.15, 0.2) is 73.3 Å². The van der Waals surface area contributed by atoms with Gasteiger partial charge in [0.05, 0.1) is 13.0 Å². The molecule has 2 aromatic carbocycles. The summed E-state index contributed by atoms with van der Waals surface area (Å²) in [7, 11) is 0. The lowest BCUT2D eigenvalue weighted by Crippen LogP contribution is -2.23. The molecule has 0 bridgehead atoms. The summed E-state index contributed by atoms with van der Waals surface area (Å²) < 4.78 is 34.3. The van der Waals surface area contributed by atoms with Gasteiger partial charge in [-0.05, 0) is 117 Å². The van der Waals surface area contributed by atoms with Gasteiger partial charge in [-0.3, -0.25) is 0 Å². The summed E-state index contributed by atoms with van der Waals surface area (Å²) in [6.45, 7) is 5.84. The summed E-state index contributed by atoms with van der Waals surface area (Å²) in [4.78, 5) is 0. The van der Waals surface area contributed by atoms with Gasteiger partial charge in [0.25, 0.3) is 0 Å². The number of hydrogen-bond donors (Lipinski definition) is 0. The highest BCUT2D eigenvalue weighted by molar-refractivity contribution is 5.27. The maximum atomic E-state index is 14.6. The molecule has 4 rings (SSSR count). The molecule has 0 heterocycles. The molecule has 2 aliphatic carbocycles. The third-order valence-corrected chi connectivity index (χ3v) is 8.62. The van der Waals surface area contributed by atoms with Crippen molar-refractivity contribution in [2.24, 2.45) is 11.8 Å². The van der Waals surface area contributed by atoms with Crippen molar-refractivity contribution in [1.29, 1.82) is 0 Å². The summed E-state index contributed by atoms with van der Waals surface area (Å²) in [6.07, 6.45) is 15.0. The van der Waals surface area contributed by atoms with E-state index in [2.05, 4.69) is 37.8 Å². The molecule has 0 atom stereocenters. The largest absolute Gasteiger partial charge is 0.360 e. The summed E-state index contributed by atoms with van der Waals surface area (Å²) >= 11 is 0. The Morgan fingerprint density at radius 3 is 1.89 bits per heavy atom. The molecule has 200 valence electrons. The first-order chi connectivity index (χ1) is 18.0. The van der Waals surface area contributed by atoms with E-state index in [1.807, 2.05) is 42.5 Å². The molecule has 37 heavy (non-hydrogen) atoms. The molecule has 0 amide bonds. The molecule has 0 aromatic heterocycles. The second-order valence-corrected chi connectivity index (χ2v) is 11.3. The second-order valence-electron chi connectivity index (χ2n) is 11.3. The van der Waals surface area contributed by atoms with Crippen molar-refractivity contribution in [3.8, 4) is 0 Å². The number of ether oxygens (including phenoxy) is 1. The predicted octanol–water partition coefficient (Wildman–Crippen LogP) is 10.1. The standard InChI is InChI=1S/C34H44F2O/c1-3-5-7-27-10-18-31(19-11-27)33-22-14-29(15-23-33)25-37-34(35,36)24-28-12-20-32(21-13-28)30-16-8-26(6-4-2)9-17-30/h3-4,6,12-15,20-23,26-27,30-31H,1,5,7-11,16-19,24-25H2,2H3. The number of hydrogen-bond acceptors (Lipinski definition) is 1. The Morgan fingerprint density at radius 1 is 0.811 bits per heavy atom. The van der Waals surface area contributed by atoms with Gasteiger partial charge >= 0.3 is 6.11 Å². The lowest BCUT2D eigenvalue weighted by Gasteiger charge is -2.28.